The number of carbonyl (C=O) groups excluding carboxylic acids is 1. The van der Waals surface area contributed by atoms with Gasteiger partial charge >= 0.3 is 12.1 Å². The van der Waals surface area contributed by atoms with Gasteiger partial charge in [0.1, 0.15) is 0 Å². The lowest BCUT2D eigenvalue weighted by Crippen LogP contribution is -2.33. The highest BCUT2D eigenvalue weighted by atomic mass is 32.1. The van der Waals surface area contributed by atoms with Gasteiger partial charge < -0.3 is 9.42 Å². The van der Waals surface area contributed by atoms with Crippen LogP contribution in [0.15, 0.2) is 16.7 Å². The lowest BCUT2D eigenvalue weighted by molar-refractivity contribution is -0.159. The average Bonchev–Trinajstić information content (AvgIpc) is 3.11. The van der Waals surface area contributed by atoms with Gasteiger partial charge in [-0.2, -0.15) is 18.2 Å². The van der Waals surface area contributed by atoms with Crippen molar-refractivity contribution in [3.05, 3.63) is 22.9 Å². The van der Waals surface area contributed by atoms with Crippen LogP contribution in [0.4, 0.5) is 13.2 Å². The second-order valence-electron chi connectivity index (χ2n) is 5.19. The average molecular weight is 347 g/mol. The van der Waals surface area contributed by atoms with Crippen LogP contribution in [0.2, 0.25) is 0 Å². The highest BCUT2D eigenvalue weighted by Gasteiger charge is 2.38. The molecule has 0 bridgehead atoms. The van der Waals surface area contributed by atoms with Gasteiger partial charge in [0.2, 0.25) is 11.7 Å². The fourth-order valence-corrected chi connectivity index (χ4v) is 2.87. The highest BCUT2D eigenvalue weighted by molar-refractivity contribution is 7.15. The molecule has 2 rings (SSSR count). The predicted molar refractivity (Wildman–Crippen MR) is 78.5 cm³/mol. The highest BCUT2D eigenvalue weighted by Crippen LogP contribution is 2.32. The Bertz CT molecular complexity index is 679. The molecule has 23 heavy (non-hydrogen) atoms. The summed E-state index contributed by atoms with van der Waals surface area (Å²) in [5, 5.41) is 3.35. The van der Waals surface area contributed by atoms with Crippen LogP contribution in [0.1, 0.15) is 31.5 Å². The third kappa shape index (κ3) is 4.10. The second-order valence-corrected chi connectivity index (χ2v) is 6.36. The zero-order chi connectivity index (χ0) is 17.2. The lowest BCUT2D eigenvalue weighted by Gasteiger charge is -2.22. The molecule has 2 aromatic rings. The minimum Gasteiger partial charge on any atom is -0.338 e. The molecule has 5 nitrogen and oxygen atoms in total. The molecule has 0 aliphatic rings. The first-order valence-corrected chi connectivity index (χ1v) is 7.82. The first-order chi connectivity index (χ1) is 10.7. The molecule has 0 N–H and O–H groups in total. The van der Waals surface area contributed by atoms with E-state index in [0.29, 0.717) is 18.0 Å². The van der Waals surface area contributed by atoms with E-state index in [1.165, 1.54) is 11.3 Å². The van der Waals surface area contributed by atoms with Gasteiger partial charge in [-0.15, -0.1) is 11.3 Å². The van der Waals surface area contributed by atoms with Crippen molar-refractivity contribution in [2.75, 3.05) is 6.54 Å². The predicted octanol–water partition coefficient (Wildman–Crippen LogP) is 3.82. The molecule has 0 spiro atoms. The number of hydrogen-bond donors (Lipinski definition) is 0. The van der Waals surface area contributed by atoms with Crippen molar-refractivity contribution >= 4 is 17.2 Å². The number of halogens is 3. The summed E-state index contributed by atoms with van der Waals surface area (Å²) in [7, 11) is 0. The molecule has 9 heteroatoms. The van der Waals surface area contributed by atoms with Gasteiger partial charge in [0, 0.05) is 17.3 Å². The topological polar surface area (TPSA) is 59.2 Å². The summed E-state index contributed by atoms with van der Waals surface area (Å²) < 4.78 is 41.6. The van der Waals surface area contributed by atoms with Crippen LogP contribution in [0.25, 0.3) is 10.7 Å². The number of rotatable bonds is 5. The third-order valence-electron chi connectivity index (χ3n) is 3.08. The number of nitrogens with zero attached hydrogens (tertiary/aromatic N) is 3. The Morgan fingerprint density at radius 1 is 1.39 bits per heavy atom. The molecule has 0 unspecified atom stereocenters. The number of hydrogen-bond acceptors (Lipinski definition) is 5. The van der Waals surface area contributed by atoms with Crippen molar-refractivity contribution in [3.8, 4) is 10.7 Å². The second kappa shape index (κ2) is 6.69. The van der Waals surface area contributed by atoms with E-state index < -0.39 is 12.1 Å². The van der Waals surface area contributed by atoms with Crippen molar-refractivity contribution in [3.63, 3.8) is 0 Å². The maximum absolute atomic E-state index is 12.5. The normalized spacial score (nSPS) is 12.0. The molecule has 0 saturated heterocycles. The number of amides is 1. The van der Waals surface area contributed by atoms with Gasteiger partial charge in [0.15, 0.2) is 0 Å². The van der Waals surface area contributed by atoms with Gasteiger partial charge in [-0.1, -0.05) is 19.0 Å². The van der Waals surface area contributed by atoms with Crippen molar-refractivity contribution < 1.29 is 22.5 Å². The largest absolute Gasteiger partial charge is 0.471 e. The Morgan fingerprint density at radius 2 is 2.09 bits per heavy atom. The first-order valence-electron chi connectivity index (χ1n) is 7.01. The monoisotopic (exact) mass is 347 g/mol. The van der Waals surface area contributed by atoms with Crippen molar-refractivity contribution in [2.24, 2.45) is 5.92 Å². The first kappa shape index (κ1) is 17.5. The SMILES string of the molecule is CCN(Cc1ccc(-c2noc(C(F)(F)F)n2)s1)C(=O)C(C)C. The van der Waals surface area contributed by atoms with Crippen molar-refractivity contribution in [1.82, 2.24) is 15.0 Å². The molecule has 126 valence electrons. The van der Waals surface area contributed by atoms with Crippen molar-refractivity contribution in [1.29, 1.82) is 0 Å². The molecule has 1 amide bonds. The summed E-state index contributed by atoms with van der Waals surface area (Å²) in [5.41, 5.74) is 0. The third-order valence-corrected chi connectivity index (χ3v) is 4.15. The maximum atomic E-state index is 12.5. The minimum absolute atomic E-state index is 0.0290. The Hall–Kier alpha value is -1.90. The van der Waals surface area contributed by atoms with E-state index in [9.17, 15) is 18.0 Å². The lowest BCUT2D eigenvalue weighted by atomic mass is 10.2. The van der Waals surface area contributed by atoms with Gasteiger partial charge in [0.25, 0.3) is 0 Å². The molecule has 0 saturated carbocycles. The van der Waals surface area contributed by atoms with E-state index in [1.807, 2.05) is 20.8 Å². The van der Waals surface area contributed by atoms with Gasteiger partial charge in [-0.3, -0.25) is 4.79 Å². The Kier molecular flexibility index (Phi) is 5.08. The zero-order valence-corrected chi connectivity index (χ0v) is 13.7. The smallest absolute Gasteiger partial charge is 0.338 e. The van der Waals surface area contributed by atoms with Crippen LogP contribution < -0.4 is 0 Å². The summed E-state index contributed by atoms with van der Waals surface area (Å²) in [6, 6.07) is 3.37. The van der Waals surface area contributed by atoms with Crippen LogP contribution in [0.5, 0.6) is 0 Å². The van der Waals surface area contributed by atoms with E-state index in [-0.39, 0.29) is 17.6 Å². The zero-order valence-electron chi connectivity index (χ0n) is 12.8. The van der Waals surface area contributed by atoms with E-state index >= 15 is 0 Å². The molecule has 0 aliphatic carbocycles. The van der Waals surface area contributed by atoms with Gasteiger partial charge in [-0.05, 0) is 19.1 Å². The van der Waals surface area contributed by atoms with Crippen LogP contribution >= 0.6 is 11.3 Å². The van der Waals surface area contributed by atoms with Crippen molar-refractivity contribution in [2.45, 2.75) is 33.5 Å². The van der Waals surface area contributed by atoms with E-state index in [4.69, 9.17) is 0 Å². The molecular formula is C14H16F3N3O2S. The number of thiophene rings is 1. The maximum Gasteiger partial charge on any atom is 0.471 e. The Balaban J connectivity index is 2.14. The molecule has 0 radical (unpaired) electrons. The minimum atomic E-state index is -4.66. The molecule has 0 atom stereocenters. The number of alkyl halides is 3. The summed E-state index contributed by atoms with van der Waals surface area (Å²) in [6.45, 7) is 6.49. The summed E-state index contributed by atoms with van der Waals surface area (Å²) >= 11 is 1.24. The fraction of sp³-hybridized carbons (Fsp3) is 0.500. The van der Waals surface area contributed by atoms with E-state index in [2.05, 4.69) is 14.7 Å². The summed E-state index contributed by atoms with van der Waals surface area (Å²) in [5.74, 6) is -1.55. The molecule has 0 fully saturated rings. The quantitative estimate of drug-likeness (QED) is 0.825. The molecule has 2 aromatic heterocycles. The van der Waals surface area contributed by atoms with Gasteiger partial charge in [-0.25, -0.2) is 0 Å². The fourth-order valence-electron chi connectivity index (χ4n) is 1.92. The van der Waals surface area contributed by atoms with Crippen LogP contribution in [-0.2, 0) is 17.5 Å². The van der Waals surface area contributed by atoms with Gasteiger partial charge in [0.05, 0.1) is 11.4 Å². The Labute approximate surface area is 135 Å². The molecule has 0 aliphatic heterocycles. The standard InChI is InChI=1S/C14H16F3N3O2S/c1-4-20(12(21)8(2)3)7-9-5-6-10(23-9)11-18-13(22-19-11)14(15,16)17/h5-6,8H,4,7H2,1-3H3. The van der Waals surface area contributed by atoms with Crippen LogP contribution in [-0.4, -0.2) is 27.5 Å². The molecule has 2 heterocycles. The summed E-state index contributed by atoms with van der Waals surface area (Å²) in [6.07, 6.45) is -4.66. The molecule has 0 aromatic carbocycles. The number of aromatic nitrogens is 2. The van der Waals surface area contributed by atoms with Crippen LogP contribution in [0.3, 0.4) is 0 Å². The Morgan fingerprint density at radius 3 is 2.61 bits per heavy atom. The van der Waals surface area contributed by atoms with Crippen LogP contribution in [0, 0.1) is 5.92 Å². The summed E-state index contributed by atoms with van der Waals surface area (Å²) in [4.78, 5) is 18.4. The van der Waals surface area contributed by atoms with E-state index in [0.717, 1.165) is 4.88 Å². The van der Waals surface area contributed by atoms with E-state index in [1.54, 1.807) is 17.0 Å². The number of carbonyl (C=O) groups is 1. The molecular weight excluding hydrogens is 331 g/mol.